The summed E-state index contributed by atoms with van der Waals surface area (Å²) in [5.41, 5.74) is 4.31. The number of anilines is 1. The molecule has 0 saturated heterocycles. The van der Waals surface area contributed by atoms with E-state index in [4.69, 9.17) is 16.3 Å². The summed E-state index contributed by atoms with van der Waals surface area (Å²) in [4.78, 5) is 17.5. The van der Waals surface area contributed by atoms with E-state index in [9.17, 15) is 4.79 Å². The van der Waals surface area contributed by atoms with Crippen molar-refractivity contribution in [3.63, 3.8) is 0 Å². The van der Waals surface area contributed by atoms with E-state index in [0.29, 0.717) is 16.5 Å². The van der Waals surface area contributed by atoms with Crippen LogP contribution < -0.4 is 10.1 Å². The third-order valence-corrected chi connectivity index (χ3v) is 5.08. The average Bonchev–Trinajstić information content (AvgIpc) is 3.21. The van der Waals surface area contributed by atoms with Crippen LogP contribution in [0.3, 0.4) is 0 Å². The molecule has 0 fully saturated rings. The van der Waals surface area contributed by atoms with Crippen molar-refractivity contribution in [1.29, 1.82) is 0 Å². The number of amides is 1. The maximum absolute atomic E-state index is 13.0. The zero-order chi connectivity index (χ0) is 22.0. The topological polar surface area (TPSA) is 69.0 Å². The number of aryl methyl sites for hydroxylation is 2. The second-order valence-electron chi connectivity index (χ2n) is 7.15. The number of ether oxygens (including phenoxy) is 1. The maximum atomic E-state index is 13.0. The van der Waals surface area contributed by atoms with E-state index >= 15 is 0 Å². The highest BCUT2D eigenvalue weighted by Crippen LogP contribution is 2.25. The predicted octanol–water partition coefficient (Wildman–Crippen LogP) is 5.47. The molecule has 0 atom stereocenters. The molecule has 1 heterocycles. The summed E-state index contributed by atoms with van der Waals surface area (Å²) in [6.07, 6.45) is 0. The summed E-state index contributed by atoms with van der Waals surface area (Å²) in [6, 6.07) is 20.5. The molecule has 7 heteroatoms. The molecule has 4 aromatic rings. The first-order valence-electron chi connectivity index (χ1n) is 9.70. The Kier molecular flexibility index (Phi) is 5.73. The molecule has 0 radical (unpaired) electrons. The number of aromatic nitrogens is 3. The number of hydrogen-bond acceptors (Lipinski definition) is 4. The van der Waals surface area contributed by atoms with Crippen molar-refractivity contribution < 1.29 is 9.53 Å². The van der Waals surface area contributed by atoms with E-state index in [-0.39, 0.29) is 11.7 Å². The smallest absolute Gasteiger partial charge is 0.295 e. The van der Waals surface area contributed by atoms with Crippen molar-refractivity contribution >= 4 is 23.2 Å². The van der Waals surface area contributed by atoms with E-state index in [0.717, 1.165) is 28.1 Å². The molecule has 0 unspecified atom stereocenters. The lowest BCUT2D eigenvalue weighted by Crippen LogP contribution is -2.15. The Morgan fingerprint density at radius 2 is 1.81 bits per heavy atom. The molecule has 0 saturated carbocycles. The minimum Gasteiger partial charge on any atom is -0.497 e. The predicted molar refractivity (Wildman–Crippen MR) is 122 cm³/mol. The second kappa shape index (κ2) is 8.62. The quantitative estimate of drug-likeness (QED) is 0.454. The van der Waals surface area contributed by atoms with Gasteiger partial charge in [0.05, 0.1) is 12.8 Å². The molecular formula is C24H21ClN4O2. The van der Waals surface area contributed by atoms with Crippen molar-refractivity contribution in [2.45, 2.75) is 13.8 Å². The van der Waals surface area contributed by atoms with Crippen LogP contribution in [0, 0.1) is 13.8 Å². The van der Waals surface area contributed by atoms with Crippen molar-refractivity contribution in [3.05, 3.63) is 88.7 Å². The van der Waals surface area contributed by atoms with Gasteiger partial charge in [-0.05, 0) is 67.9 Å². The molecule has 156 valence electrons. The zero-order valence-electron chi connectivity index (χ0n) is 17.4. The summed E-state index contributed by atoms with van der Waals surface area (Å²) in [6.45, 7) is 3.96. The first kappa shape index (κ1) is 20.6. The van der Waals surface area contributed by atoms with Crippen LogP contribution in [0.15, 0.2) is 66.7 Å². The summed E-state index contributed by atoms with van der Waals surface area (Å²) in [5, 5.41) is 7.96. The van der Waals surface area contributed by atoms with Gasteiger partial charge in [-0.2, -0.15) is 0 Å². The molecule has 0 bridgehead atoms. The van der Waals surface area contributed by atoms with Crippen LogP contribution in [0.1, 0.15) is 21.7 Å². The largest absolute Gasteiger partial charge is 0.497 e. The highest BCUT2D eigenvalue weighted by molar-refractivity contribution is 6.30. The number of carbonyl (C=O) groups is 1. The van der Waals surface area contributed by atoms with Gasteiger partial charge in [-0.25, -0.2) is 9.67 Å². The standard InChI is InChI=1S/C24H21ClN4O2/c1-15-7-12-21(16(2)13-15)26-24(30)22-27-23(17-8-10-20(31-3)11-9-17)29(28-22)19-6-4-5-18(25)14-19/h4-14H,1-3H3,(H,26,30). The SMILES string of the molecule is COc1ccc(-c2nc(C(=O)Nc3ccc(C)cc3C)nn2-c2cccc(Cl)c2)cc1. The molecule has 0 spiro atoms. The molecule has 0 aliphatic heterocycles. The Hall–Kier alpha value is -3.64. The van der Waals surface area contributed by atoms with Crippen LogP contribution in [0.2, 0.25) is 5.02 Å². The van der Waals surface area contributed by atoms with Gasteiger partial charge in [-0.1, -0.05) is 35.4 Å². The molecule has 6 nitrogen and oxygen atoms in total. The third-order valence-electron chi connectivity index (χ3n) is 4.84. The molecule has 0 aliphatic carbocycles. The minimum absolute atomic E-state index is 0.0609. The number of nitrogens with zero attached hydrogens (tertiary/aromatic N) is 3. The van der Waals surface area contributed by atoms with Crippen molar-refractivity contribution in [2.75, 3.05) is 12.4 Å². The highest BCUT2D eigenvalue weighted by Gasteiger charge is 2.20. The Morgan fingerprint density at radius 1 is 1.03 bits per heavy atom. The van der Waals surface area contributed by atoms with Crippen LogP contribution in [0.5, 0.6) is 5.75 Å². The molecule has 0 aliphatic rings. The monoisotopic (exact) mass is 432 g/mol. The van der Waals surface area contributed by atoms with E-state index in [2.05, 4.69) is 15.4 Å². The fraction of sp³-hybridized carbons (Fsp3) is 0.125. The number of carbonyl (C=O) groups excluding carboxylic acids is 1. The van der Waals surface area contributed by atoms with Gasteiger partial charge in [0.2, 0.25) is 5.82 Å². The van der Waals surface area contributed by atoms with Gasteiger partial charge in [0.15, 0.2) is 5.82 Å². The van der Waals surface area contributed by atoms with Gasteiger partial charge in [-0.3, -0.25) is 4.79 Å². The van der Waals surface area contributed by atoms with Crippen LogP contribution in [0.25, 0.3) is 17.1 Å². The maximum Gasteiger partial charge on any atom is 0.295 e. The molecule has 1 N–H and O–H groups in total. The number of nitrogens with one attached hydrogen (secondary N) is 1. The van der Waals surface area contributed by atoms with Crippen molar-refractivity contribution in [2.24, 2.45) is 0 Å². The van der Waals surface area contributed by atoms with Gasteiger partial charge >= 0.3 is 0 Å². The molecule has 3 aromatic carbocycles. The lowest BCUT2D eigenvalue weighted by atomic mass is 10.1. The molecule has 31 heavy (non-hydrogen) atoms. The van der Waals surface area contributed by atoms with E-state index < -0.39 is 0 Å². The van der Waals surface area contributed by atoms with E-state index in [1.54, 1.807) is 23.9 Å². The van der Waals surface area contributed by atoms with Gasteiger partial charge in [0, 0.05) is 16.3 Å². The van der Waals surface area contributed by atoms with Crippen LogP contribution in [-0.4, -0.2) is 27.8 Å². The number of benzene rings is 3. The number of hydrogen-bond donors (Lipinski definition) is 1. The first-order chi connectivity index (χ1) is 14.9. The number of halogens is 1. The zero-order valence-corrected chi connectivity index (χ0v) is 18.1. The minimum atomic E-state index is -0.387. The Labute approximate surface area is 185 Å². The summed E-state index contributed by atoms with van der Waals surface area (Å²) < 4.78 is 6.86. The fourth-order valence-corrected chi connectivity index (χ4v) is 3.44. The molecular weight excluding hydrogens is 412 g/mol. The van der Waals surface area contributed by atoms with Gasteiger partial charge in [0.1, 0.15) is 5.75 Å². The van der Waals surface area contributed by atoms with Gasteiger partial charge in [0.25, 0.3) is 5.91 Å². The Balaban J connectivity index is 1.75. The molecule has 1 aromatic heterocycles. The number of methoxy groups -OCH3 is 1. The van der Waals surface area contributed by atoms with Crippen LogP contribution >= 0.6 is 11.6 Å². The lowest BCUT2D eigenvalue weighted by Gasteiger charge is -2.07. The summed E-state index contributed by atoms with van der Waals surface area (Å²) in [5.74, 6) is 0.925. The summed E-state index contributed by atoms with van der Waals surface area (Å²) in [7, 11) is 1.61. The van der Waals surface area contributed by atoms with Crippen molar-refractivity contribution in [3.8, 4) is 22.8 Å². The number of rotatable bonds is 5. The molecule has 1 amide bonds. The normalized spacial score (nSPS) is 10.7. The Morgan fingerprint density at radius 3 is 2.48 bits per heavy atom. The third kappa shape index (κ3) is 4.44. The van der Waals surface area contributed by atoms with Crippen molar-refractivity contribution in [1.82, 2.24) is 14.8 Å². The fourth-order valence-electron chi connectivity index (χ4n) is 3.26. The first-order valence-corrected chi connectivity index (χ1v) is 10.1. The second-order valence-corrected chi connectivity index (χ2v) is 7.59. The van der Waals surface area contributed by atoms with Gasteiger partial charge < -0.3 is 10.1 Å². The lowest BCUT2D eigenvalue weighted by molar-refractivity contribution is 0.101. The highest BCUT2D eigenvalue weighted by atomic mass is 35.5. The molecule has 4 rings (SSSR count). The van der Waals surface area contributed by atoms with E-state index in [1.807, 2.05) is 68.4 Å². The van der Waals surface area contributed by atoms with Gasteiger partial charge in [-0.15, -0.1) is 5.10 Å². The average molecular weight is 433 g/mol. The van der Waals surface area contributed by atoms with E-state index in [1.165, 1.54) is 0 Å². The Bertz CT molecular complexity index is 1250. The van der Waals surface area contributed by atoms with Crippen LogP contribution in [-0.2, 0) is 0 Å². The van der Waals surface area contributed by atoms with Crippen LogP contribution in [0.4, 0.5) is 5.69 Å². The summed E-state index contributed by atoms with van der Waals surface area (Å²) >= 11 is 6.18.